The number of rotatable bonds is 3. The molecule has 0 bridgehead atoms. The molecule has 0 spiro atoms. The highest BCUT2D eigenvalue weighted by atomic mass is 16.5. The van der Waals surface area contributed by atoms with Gasteiger partial charge in [0.2, 0.25) is 5.91 Å². The number of Topliss-reactive ketones (excluding diaryl/α,β-unsaturated/α-hetero) is 1. The quantitative estimate of drug-likeness (QED) is 0.906. The summed E-state index contributed by atoms with van der Waals surface area (Å²) in [6, 6.07) is 5.54. The Bertz CT molecular complexity index is 524. The summed E-state index contributed by atoms with van der Waals surface area (Å²) in [6.07, 6.45) is 1.27. The monoisotopic (exact) mass is 261 g/mol. The second kappa shape index (κ2) is 5.03. The number of ketones is 1. The molecule has 102 valence electrons. The molecule has 0 heterocycles. The summed E-state index contributed by atoms with van der Waals surface area (Å²) in [7, 11) is 1.61. The summed E-state index contributed by atoms with van der Waals surface area (Å²) in [5, 5.41) is 2.86. The van der Waals surface area contributed by atoms with Crippen LogP contribution >= 0.6 is 0 Å². The Morgan fingerprint density at radius 2 is 2.21 bits per heavy atom. The molecule has 1 aromatic carbocycles. The van der Waals surface area contributed by atoms with Crippen molar-refractivity contribution in [1.29, 1.82) is 0 Å². The Morgan fingerprint density at radius 3 is 2.84 bits per heavy atom. The lowest BCUT2D eigenvalue weighted by Crippen LogP contribution is -2.41. The fourth-order valence-corrected chi connectivity index (χ4v) is 2.55. The molecule has 1 aliphatic carbocycles. The Morgan fingerprint density at radius 1 is 1.47 bits per heavy atom. The van der Waals surface area contributed by atoms with E-state index in [1.165, 1.54) is 6.92 Å². The molecule has 0 fully saturated rings. The number of ether oxygens (including phenoxy) is 1. The van der Waals surface area contributed by atoms with Crippen LogP contribution in [0.1, 0.15) is 42.6 Å². The van der Waals surface area contributed by atoms with Gasteiger partial charge in [-0.25, -0.2) is 0 Å². The molecular weight excluding hydrogens is 242 g/mol. The smallest absolute Gasteiger partial charge is 0.216 e. The second-order valence-corrected chi connectivity index (χ2v) is 5.31. The fourth-order valence-electron chi connectivity index (χ4n) is 2.55. The molecule has 1 aromatic rings. The van der Waals surface area contributed by atoms with Crippen molar-refractivity contribution in [2.75, 3.05) is 13.7 Å². The minimum Gasteiger partial charge on any atom is -0.497 e. The summed E-state index contributed by atoms with van der Waals surface area (Å²) in [5.41, 5.74) is 1.50. The van der Waals surface area contributed by atoms with Crippen LogP contribution in [0, 0.1) is 0 Å². The van der Waals surface area contributed by atoms with Crippen molar-refractivity contribution in [3.8, 4) is 5.75 Å². The molecular formula is C15H19NO3. The van der Waals surface area contributed by atoms with Crippen molar-refractivity contribution in [2.24, 2.45) is 0 Å². The summed E-state index contributed by atoms with van der Waals surface area (Å²) in [6.45, 7) is 4.12. The van der Waals surface area contributed by atoms with Gasteiger partial charge < -0.3 is 10.1 Å². The van der Waals surface area contributed by atoms with Gasteiger partial charge in [0.25, 0.3) is 0 Å². The third kappa shape index (κ3) is 2.62. The van der Waals surface area contributed by atoms with Crippen LogP contribution in [-0.2, 0) is 10.2 Å². The SMILES string of the molecule is COc1ccc2c(c1)[C@](C)(CNC(C)=O)CCC2=O. The van der Waals surface area contributed by atoms with Crippen molar-refractivity contribution in [2.45, 2.75) is 32.1 Å². The zero-order chi connectivity index (χ0) is 14.0. The van der Waals surface area contributed by atoms with E-state index >= 15 is 0 Å². The van der Waals surface area contributed by atoms with E-state index in [-0.39, 0.29) is 17.1 Å². The van der Waals surface area contributed by atoms with E-state index in [0.717, 1.165) is 23.3 Å². The number of methoxy groups -OCH3 is 1. The van der Waals surface area contributed by atoms with Crippen molar-refractivity contribution in [1.82, 2.24) is 5.32 Å². The maximum atomic E-state index is 12.0. The van der Waals surface area contributed by atoms with Crippen LogP contribution in [0.2, 0.25) is 0 Å². The van der Waals surface area contributed by atoms with E-state index in [1.807, 2.05) is 12.1 Å². The fraction of sp³-hybridized carbons (Fsp3) is 0.467. The summed E-state index contributed by atoms with van der Waals surface area (Å²) in [5.74, 6) is 0.850. The Hall–Kier alpha value is -1.84. The van der Waals surface area contributed by atoms with Crippen LogP contribution < -0.4 is 10.1 Å². The van der Waals surface area contributed by atoms with Crippen molar-refractivity contribution in [3.05, 3.63) is 29.3 Å². The summed E-state index contributed by atoms with van der Waals surface area (Å²) >= 11 is 0. The largest absolute Gasteiger partial charge is 0.497 e. The van der Waals surface area contributed by atoms with Gasteiger partial charge >= 0.3 is 0 Å². The molecule has 4 heteroatoms. The van der Waals surface area contributed by atoms with E-state index in [9.17, 15) is 9.59 Å². The van der Waals surface area contributed by atoms with Gasteiger partial charge in [-0.2, -0.15) is 0 Å². The number of carbonyl (C=O) groups is 2. The highest BCUT2D eigenvalue weighted by molar-refractivity contribution is 5.99. The summed E-state index contributed by atoms with van der Waals surface area (Å²) in [4.78, 5) is 23.1. The minimum atomic E-state index is -0.219. The number of hydrogen-bond donors (Lipinski definition) is 1. The molecule has 19 heavy (non-hydrogen) atoms. The van der Waals surface area contributed by atoms with Gasteiger partial charge in [-0.05, 0) is 30.2 Å². The normalized spacial score (nSPS) is 21.7. The third-order valence-corrected chi connectivity index (χ3v) is 3.81. The molecule has 1 aliphatic rings. The van der Waals surface area contributed by atoms with Gasteiger partial charge in [-0.15, -0.1) is 0 Å². The first-order valence-corrected chi connectivity index (χ1v) is 6.42. The topological polar surface area (TPSA) is 55.4 Å². The van der Waals surface area contributed by atoms with E-state index in [2.05, 4.69) is 12.2 Å². The highest BCUT2D eigenvalue weighted by Crippen LogP contribution is 2.38. The summed E-state index contributed by atoms with van der Waals surface area (Å²) < 4.78 is 5.24. The van der Waals surface area contributed by atoms with Crippen LogP contribution in [0.15, 0.2) is 18.2 Å². The van der Waals surface area contributed by atoms with Gasteiger partial charge in [-0.3, -0.25) is 9.59 Å². The molecule has 4 nitrogen and oxygen atoms in total. The Balaban J connectivity index is 2.41. The molecule has 0 radical (unpaired) electrons. The first-order chi connectivity index (χ1) is 8.96. The Kier molecular flexibility index (Phi) is 3.60. The van der Waals surface area contributed by atoms with Crippen molar-refractivity contribution >= 4 is 11.7 Å². The first kappa shape index (κ1) is 13.6. The van der Waals surface area contributed by atoms with Crippen molar-refractivity contribution in [3.63, 3.8) is 0 Å². The van der Waals surface area contributed by atoms with Crippen LogP contribution in [0.5, 0.6) is 5.75 Å². The van der Waals surface area contributed by atoms with E-state index in [4.69, 9.17) is 4.74 Å². The number of nitrogens with one attached hydrogen (secondary N) is 1. The molecule has 1 atom stereocenters. The van der Waals surface area contributed by atoms with Crippen LogP contribution in [-0.4, -0.2) is 25.3 Å². The first-order valence-electron chi connectivity index (χ1n) is 6.42. The van der Waals surface area contributed by atoms with Crippen molar-refractivity contribution < 1.29 is 14.3 Å². The molecule has 2 rings (SSSR count). The number of benzene rings is 1. The zero-order valence-electron chi connectivity index (χ0n) is 11.6. The number of fused-ring (bicyclic) bond motifs is 1. The van der Waals surface area contributed by atoms with Gasteiger partial charge in [0.1, 0.15) is 5.75 Å². The zero-order valence-corrected chi connectivity index (χ0v) is 11.6. The molecule has 1 amide bonds. The van der Waals surface area contributed by atoms with Crippen LogP contribution in [0.3, 0.4) is 0 Å². The average molecular weight is 261 g/mol. The molecule has 0 aliphatic heterocycles. The predicted octanol–water partition coefficient (Wildman–Crippen LogP) is 2.07. The van der Waals surface area contributed by atoms with Gasteiger partial charge in [0, 0.05) is 30.9 Å². The maximum Gasteiger partial charge on any atom is 0.216 e. The minimum absolute atomic E-state index is 0.0532. The standard InChI is InChI=1S/C15H19NO3/c1-10(17)16-9-15(2)7-6-14(18)12-5-4-11(19-3)8-13(12)15/h4-5,8H,6-7,9H2,1-3H3,(H,16,17)/t15-/m0/s1. The highest BCUT2D eigenvalue weighted by Gasteiger charge is 2.35. The average Bonchev–Trinajstić information content (AvgIpc) is 2.41. The molecule has 0 saturated heterocycles. The van der Waals surface area contributed by atoms with Gasteiger partial charge in [0.05, 0.1) is 7.11 Å². The predicted molar refractivity (Wildman–Crippen MR) is 72.6 cm³/mol. The van der Waals surface area contributed by atoms with E-state index < -0.39 is 0 Å². The molecule has 0 saturated carbocycles. The lowest BCUT2D eigenvalue weighted by molar-refractivity contribution is -0.119. The lowest BCUT2D eigenvalue weighted by atomic mass is 9.70. The van der Waals surface area contributed by atoms with Gasteiger partial charge in [0.15, 0.2) is 5.78 Å². The van der Waals surface area contributed by atoms with Gasteiger partial charge in [-0.1, -0.05) is 6.92 Å². The molecule has 1 N–H and O–H groups in total. The van der Waals surface area contributed by atoms with Crippen LogP contribution in [0.25, 0.3) is 0 Å². The van der Waals surface area contributed by atoms with Crippen LogP contribution in [0.4, 0.5) is 0 Å². The number of amides is 1. The maximum absolute atomic E-state index is 12.0. The van der Waals surface area contributed by atoms with E-state index in [1.54, 1.807) is 13.2 Å². The second-order valence-electron chi connectivity index (χ2n) is 5.31. The lowest BCUT2D eigenvalue weighted by Gasteiger charge is -2.35. The number of carbonyl (C=O) groups excluding carboxylic acids is 2. The molecule has 0 unspecified atom stereocenters. The molecule has 0 aromatic heterocycles. The third-order valence-electron chi connectivity index (χ3n) is 3.81. The number of hydrogen-bond acceptors (Lipinski definition) is 3. The van der Waals surface area contributed by atoms with E-state index in [0.29, 0.717) is 13.0 Å². The Labute approximate surface area is 113 Å².